The largest absolute Gasteiger partial charge is 0.497 e. The van der Waals surface area contributed by atoms with E-state index in [-0.39, 0.29) is 11.6 Å². The van der Waals surface area contributed by atoms with Gasteiger partial charge in [-0.1, -0.05) is 12.1 Å². The Balaban J connectivity index is 2.00. The van der Waals surface area contributed by atoms with Gasteiger partial charge in [0.2, 0.25) is 0 Å². The van der Waals surface area contributed by atoms with Gasteiger partial charge in [-0.3, -0.25) is 0 Å². The second kappa shape index (κ2) is 6.88. The summed E-state index contributed by atoms with van der Waals surface area (Å²) in [5.74, 6) is -0.606. The van der Waals surface area contributed by atoms with E-state index in [1.54, 1.807) is 7.11 Å². The number of halogens is 2. The van der Waals surface area contributed by atoms with Crippen LogP contribution in [0.25, 0.3) is 0 Å². The van der Waals surface area contributed by atoms with Gasteiger partial charge in [0.25, 0.3) is 0 Å². The van der Waals surface area contributed by atoms with Crippen LogP contribution in [-0.2, 0) is 6.42 Å². The van der Waals surface area contributed by atoms with Crippen LogP contribution in [0.4, 0.5) is 20.4 Å². The van der Waals surface area contributed by atoms with Gasteiger partial charge in [-0.05, 0) is 24.1 Å². The molecule has 21 heavy (non-hydrogen) atoms. The van der Waals surface area contributed by atoms with Gasteiger partial charge in [0.15, 0.2) is 23.3 Å². The van der Waals surface area contributed by atoms with Crippen molar-refractivity contribution in [2.45, 2.75) is 6.42 Å². The lowest BCUT2D eigenvalue weighted by molar-refractivity contribution is 0.414. The number of rotatable bonds is 6. The Labute approximate surface area is 122 Å². The van der Waals surface area contributed by atoms with E-state index < -0.39 is 11.6 Å². The summed E-state index contributed by atoms with van der Waals surface area (Å²) in [6.45, 7) is 0.478. The summed E-state index contributed by atoms with van der Waals surface area (Å²) >= 11 is 0. The highest BCUT2D eigenvalue weighted by Crippen LogP contribution is 2.19. The van der Waals surface area contributed by atoms with Crippen molar-refractivity contribution in [2.24, 2.45) is 0 Å². The van der Waals surface area contributed by atoms with E-state index in [0.717, 1.165) is 17.4 Å². The Kier molecular flexibility index (Phi) is 4.92. The van der Waals surface area contributed by atoms with Crippen molar-refractivity contribution in [2.75, 3.05) is 31.3 Å². The number of nitrogens with zero attached hydrogens (tertiary/aromatic N) is 1. The standard InChI is InChI=1S/C15H17F2N3O/c1-18-14-12(16)9-13(17)15(20-14)19-7-6-10-4-3-5-11(8-10)21-2/h3-5,8-9H,6-7H2,1-2H3,(H2,18,19,20). The zero-order valence-corrected chi connectivity index (χ0v) is 11.9. The first-order chi connectivity index (χ1) is 10.1. The molecular formula is C15H17F2N3O. The van der Waals surface area contributed by atoms with Crippen LogP contribution in [-0.4, -0.2) is 25.7 Å². The van der Waals surface area contributed by atoms with Crippen molar-refractivity contribution >= 4 is 11.6 Å². The molecule has 0 fully saturated rings. The highest BCUT2D eigenvalue weighted by Gasteiger charge is 2.10. The predicted molar refractivity (Wildman–Crippen MR) is 78.9 cm³/mol. The Hall–Kier alpha value is -2.37. The fraction of sp³-hybridized carbons (Fsp3) is 0.267. The normalized spacial score (nSPS) is 10.3. The second-order valence-electron chi connectivity index (χ2n) is 4.43. The molecule has 4 nitrogen and oxygen atoms in total. The third kappa shape index (κ3) is 3.81. The van der Waals surface area contributed by atoms with Gasteiger partial charge in [0.1, 0.15) is 5.75 Å². The van der Waals surface area contributed by atoms with Crippen LogP contribution in [0.1, 0.15) is 5.56 Å². The lowest BCUT2D eigenvalue weighted by atomic mass is 10.1. The first-order valence-electron chi connectivity index (χ1n) is 6.54. The number of benzene rings is 1. The first-order valence-corrected chi connectivity index (χ1v) is 6.54. The number of nitrogens with one attached hydrogen (secondary N) is 2. The van der Waals surface area contributed by atoms with E-state index in [1.807, 2.05) is 24.3 Å². The molecule has 0 unspecified atom stereocenters. The molecule has 0 atom stereocenters. The highest BCUT2D eigenvalue weighted by molar-refractivity contribution is 5.47. The molecule has 0 aliphatic heterocycles. The molecule has 0 spiro atoms. The topological polar surface area (TPSA) is 46.2 Å². The first kappa shape index (κ1) is 15.0. The van der Waals surface area contributed by atoms with E-state index in [0.29, 0.717) is 13.0 Å². The summed E-state index contributed by atoms with van der Waals surface area (Å²) in [4.78, 5) is 3.86. The van der Waals surface area contributed by atoms with Crippen molar-refractivity contribution in [3.63, 3.8) is 0 Å². The smallest absolute Gasteiger partial charge is 0.168 e. The van der Waals surface area contributed by atoms with Gasteiger partial charge in [-0.2, -0.15) is 0 Å². The van der Waals surface area contributed by atoms with Crippen molar-refractivity contribution < 1.29 is 13.5 Å². The molecule has 0 saturated carbocycles. The van der Waals surface area contributed by atoms with Crippen molar-refractivity contribution in [1.82, 2.24) is 4.98 Å². The van der Waals surface area contributed by atoms with Gasteiger partial charge >= 0.3 is 0 Å². The molecule has 112 valence electrons. The minimum absolute atomic E-state index is 0.0141. The third-order valence-corrected chi connectivity index (χ3v) is 3.01. The van der Waals surface area contributed by atoms with E-state index in [4.69, 9.17) is 4.74 Å². The Bertz CT molecular complexity index is 620. The maximum absolute atomic E-state index is 13.6. The Morgan fingerprint density at radius 1 is 1.14 bits per heavy atom. The fourth-order valence-corrected chi connectivity index (χ4v) is 1.92. The highest BCUT2D eigenvalue weighted by atomic mass is 19.1. The summed E-state index contributed by atoms with van der Waals surface area (Å²) in [5.41, 5.74) is 1.05. The van der Waals surface area contributed by atoms with Gasteiger partial charge in [0.05, 0.1) is 7.11 Å². The minimum atomic E-state index is -0.714. The van der Waals surface area contributed by atoms with E-state index in [9.17, 15) is 8.78 Å². The van der Waals surface area contributed by atoms with E-state index in [1.165, 1.54) is 7.05 Å². The molecule has 0 saturated heterocycles. The number of hydrogen-bond acceptors (Lipinski definition) is 4. The monoisotopic (exact) mass is 293 g/mol. The molecule has 1 aromatic heterocycles. The van der Waals surface area contributed by atoms with Crippen LogP contribution in [0, 0.1) is 11.6 Å². The number of pyridine rings is 1. The summed E-state index contributed by atoms with van der Waals surface area (Å²) in [6, 6.07) is 8.43. The van der Waals surface area contributed by atoms with Crippen molar-refractivity contribution in [3.05, 3.63) is 47.5 Å². The fourth-order valence-electron chi connectivity index (χ4n) is 1.92. The van der Waals surface area contributed by atoms with Gasteiger partial charge in [0, 0.05) is 19.7 Å². The molecule has 0 bridgehead atoms. The molecule has 1 heterocycles. The lowest BCUT2D eigenvalue weighted by Gasteiger charge is -2.10. The SMILES string of the molecule is CNc1nc(NCCc2cccc(OC)c2)c(F)cc1F. The lowest BCUT2D eigenvalue weighted by Crippen LogP contribution is -2.10. The number of hydrogen-bond donors (Lipinski definition) is 2. The maximum Gasteiger partial charge on any atom is 0.168 e. The molecule has 2 rings (SSSR count). The van der Waals surface area contributed by atoms with Crippen molar-refractivity contribution in [3.8, 4) is 5.75 Å². The number of methoxy groups -OCH3 is 1. The van der Waals surface area contributed by atoms with Crippen LogP contribution in [0.5, 0.6) is 5.75 Å². The zero-order valence-electron chi connectivity index (χ0n) is 11.9. The molecule has 2 N–H and O–H groups in total. The van der Waals surface area contributed by atoms with Crippen LogP contribution in [0.3, 0.4) is 0 Å². The average molecular weight is 293 g/mol. The third-order valence-electron chi connectivity index (χ3n) is 3.01. The minimum Gasteiger partial charge on any atom is -0.497 e. The van der Waals surface area contributed by atoms with Crippen LogP contribution in [0.15, 0.2) is 30.3 Å². The summed E-state index contributed by atoms with van der Waals surface area (Å²) in [6.07, 6.45) is 0.671. The summed E-state index contributed by atoms with van der Waals surface area (Å²) in [7, 11) is 3.14. The van der Waals surface area contributed by atoms with Crippen molar-refractivity contribution in [1.29, 1.82) is 0 Å². The molecule has 0 radical (unpaired) electrons. The van der Waals surface area contributed by atoms with Gasteiger partial charge in [-0.15, -0.1) is 0 Å². The second-order valence-corrected chi connectivity index (χ2v) is 4.43. The van der Waals surface area contributed by atoms with Gasteiger partial charge in [-0.25, -0.2) is 13.8 Å². The molecule has 6 heteroatoms. The molecule has 0 aliphatic rings. The predicted octanol–water partition coefficient (Wildman–Crippen LogP) is 3.06. The number of aromatic nitrogens is 1. The Morgan fingerprint density at radius 2 is 1.90 bits per heavy atom. The maximum atomic E-state index is 13.6. The quantitative estimate of drug-likeness (QED) is 0.859. The summed E-state index contributed by atoms with van der Waals surface area (Å²) in [5, 5.41) is 5.44. The van der Waals surface area contributed by atoms with E-state index in [2.05, 4.69) is 15.6 Å². The van der Waals surface area contributed by atoms with Crippen LogP contribution < -0.4 is 15.4 Å². The van der Waals surface area contributed by atoms with E-state index >= 15 is 0 Å². The molecule has 0 amide bonds. The molecular weight excluding hydrogens is 276 g/mol. The number of ether oxygens (including phenoxy) is 1. The van der Waals surface area contributed by atoms with Gasteiger partial charge < -0.3 is 15.4 Å². The zero-order chi connectivity index (χ0) is 15.2. The van der Waals surface area contributed by atoms with Crippen LogP contribution >= 0.6 is 0 Å². The molecule has 0 aliphatic carbocycles. The number of anilines is 2. The average Bonchev–Trinajstić information content (AvgIpc) is 2.49. The molecule has 1 aromatic carbocycles. The Morgan fingerprint density at radius 3 is 2.62 bits per heavy atom. The summed E-state index contributed by atoms with van der Waals surface area (Å²) < 4.78 is 32.0. The molecule has 2 aromatic rings. The van der Waals surface area contributed by atoms with Crippen LogP contribution in [0.2, 0.25) is 0 Å².